The molecule has 5 N–H and O–H groups in total. The van der Waals surface area contributed by atoms with Crippen LogP contribution in [-0.2, 0) is 4.79 Å². The summed E-state index contributed by atoms with van der Waals surface area (Å²) in [6, 6.07) is 7.09. The highest BCUT2D eigenvalue weighted by Crippen LogP contribution is 2.60. The van der Waals surface area contributed by atoms with Crippen molar-refractivity contribution in [2.75, 3.05) is 5.32 Å². The predicted octanol–water partition coefficient (Wildman–Crippen LogP) is 2.28. The summed E-state index contributed by atoms with van der Waals surface area (Å²) in [5.74, 6) is 2.34. The quantitative estimate of drug-likeness (QED) is 0.717. The van der Waals surface area contributed by atoms with Gasteiger partial charge in [-0.15, -0.1) is 0 Å². The van der Waals surface area contributed by atoms with Gasteiger partial charge in [0.2, 0.25) is 5.91 Å². The van der Waals surface area contributed by atoms with Gasteiger partial charge >= 0.3 is 0 Å². The summed E-state index contributed by atoms with van der Waals surface area (Å²) in [5.41, 5.74) is 6.85. The van der Waals surface area contributed by atoms with E-state index in [9.17, 15) is 9.59 Å². The zero-order chi connectivity index (χ0) is 19.2. The number of hydrogen-bond donors (Lipinski definition) is 3. The molecule has 4 aliphatic rings. The number of carbonyl (C=O) groups excluding carboxylic acids is 2. The smallest absolute Gasteiger partial charge is 0.282 e. The number of quaternary nitrogens is 1. The zero-order valence-corrected chi connectivity index (χ0v) is 16.4. The molecular formula is C22H32N3O2+. The zero-order valence-electron chi connectivity index (χ0n) is 16.4. The summed E-state index contributed by atoms with van der Waals surface area (Å²) in [6.07, 6.45) is 8.43. The lowest BCUT2D eigenvalue weighted by Crippen LogP contribution is -2.98. The number of nitrogens with one attached hydrogen (secondary N) is 1. The standard InChI is InChI=1S/C22H31N3O2/c1-13(21(27)25-19-5-3-18(4-6-19)20(23)26)24-14(2)22-10-15-7-16(11-22)9-17(8-15)12-22/h3-6,13-17,24H,7-12H2,1-2H3,(H2,23,26)(H,25,27)/p+1/t13-,14-,15?,16?,17?,22?/m1/s1. The fourth-order valence-corrected chi connectivity index (χ4v) is 6.43. The fraction of sp³-hybridized carbons (Fsp3) is 0.636. The highest BCUT2D eigenvalue weighted by atomic mass is 16.2. The Morgan fingerprint density at radius 1 is 1.04 bits per heavy atom. The molecule has 4 fully saturated rings. The van der Waals surface area contributed by atoms with E-state index in [0.717, 1.165) is 17.8 Å². The highest BCUT2D eigenvalue weighted by molar-refractivity contribution is 5.95. The maximum absolute atomic E-state index is 12.7. The van der Waals surface area contributed by atoms with E-state index in [-0.39, 0.29) is 11.9 Å². The Morgan fingerprint density at radius 3 is 2.04 bits per heavy atom. The van der Waals surface area contributed by atoms with Crippen LogP contribution in [0.1, 0.15) is 62.7 Å². The van der Waals surface area contributed by atoms with Crippen LogP contribution in [0.4, 0.5) is 5.69 Å². The molecule has 5 heteroatoms. The second-order valence-corrected chi connectivity index (χ2v) is 9.48. The summed E-state index contributed by atoms with van der Waals surface area (Å²) in [6.45, 7) is 4.32. The minimum Gasteiger partial charge on any atom is -0.366 e. The van der Waals surface area contributed by atoms with Gasteiger partial charge in [-0.3, -0.25) is 9.59 Å². The lowest BCUT2D eigenvalue weighted by molar-refractivity contribution is -0.718. The third-order valence-corrected chi connectivity index (χ3v) is 7.48. The molecule has 146 valence electrons. The van der Waals surface area contributed by atoms with Crippen LogP contribution in [0, 0.1) is 23.2 Å². The molecule has 0 aliphatic heterocycles. The van der Waals surface area contributed by atoms with Gasteiger partial charge in [0.05, 0.1) is 6.04 Å². The number of carbonyl (C=O) groups is 2. The van der Waals surface area contributed by atoms with E-state index in [2.05, 4.69) is 17.6 Å². The Labute approximate surface area is 161 Å². The number of rotatable bonds is 6. The first kappa shape index (κ1) is 18.5. The third-order valence-electron chi connectivity index (χ3n) is 7.48. The van der Waals surface area contributed by atoms with Crippen molar-refractivity contribution in [2.45, 2.75) is 64.5 Å². The first-order valence-corrected chi connectivity index (χ1v) is 10.4. The van der Waals surface area contributed by atoms with Crippen LogP contribution < -0.4 is 16.4 Å². The van der Waals surface area contributed by atoms with Crippen LogP contribution in [0.15, 0.2) is 24.3 Å². The number of primary amides is 1. The summed E-state index contributed by atoms with van der Waals surface area (Å²) in [4.78, 5) is 23.8. The Kier molecular flexibility index (Phi) is 4.75. The van der Waals surface area contributed by atoms with E-state index in [1.807, 2.05) is 6.92 Å². The van der Waals surface area contributed by atoms with Crippen LogP contribution in [-0.4, -0.2) is 23.9 Å². The second-order valence-electron chi connectivity index (χ2n) is 9.48. The van der Waals surface area contributed by atoms with Crippen molar-refractivity contribution in [3.8, 4) is 0 Å². The van der Waals surface area contributed by atoms with Crippen LogP contribution in [0.5, 0.6) is 0 Å². The SMILES string of the molecule is C[C@@H]([NH2+][C@H](C)C12CC3CC(CC(C3)C1)C2)C(=O)Nc1ccc(C(N)=O)cc1. The summed E-state index contributed by atoms with van der Waals surface area (Å²) >= 11 is 0. The molecule has 1 aromatic rings. The van der Waals surface area contributed by atoms with Gasteiger partial charge in [-0.1, -0.05) is 0 Å². The first-order chi connectivity index (χ1) is 12.8. The van der Waals surface area contributed by atoms with Crippen LogP contribution in [0.3, 0.4) is 0 Å². The Balaban J connectivity index is 1.36. The normalized spacial score (nSPS) is 33.5. The predicted molar refractivity (Wildman–Crippen MR) is 105 cm³/mol. The average Bonchev–Trinajstić information content (AvgIpc) is 2.60. The van der Waals surface area contributed by atoms with Crippen LogP contribution in [0.2, 0.25) is 0 Å². The number of anilines is 1. The van der Waals surface area contributed by atoms with Gasteiger partial charge in [-0.25, -0.2) is 0 Å². The number of hydrogen-bond acceptors (Lipinski definition) is 2. The molecule has 4 bridgehead atoms. The minimum absolute atomic E-state index is 0.0124. The summed E-state index contributed by atoms with van der Waals surface area (Å²) in [7, 11) is 0. The van der Waals surface area contributed by atoms with Gasteiger partial charge in [0.15, 0.2) is 6.04 Å². The highest BCUT2D eigenvalue weighted by Gasteiger charge is 2.54. The largest absolute Gasteiger partial charge is 0.366 e. The van der Waals surface area contributed by atoms with E-state index in [4.69, 9.17) is 5.73 Å². The van der Waals surface area contributed by atoms with Gasteiger partial charge in [0.1, 0.15) is 0 Å². The maximum atomic E-state index is 12.7. The van der Waals surface area contributed by atoms with Gasteiger partial charge in [-0.05, 0) is 94.4 Å². The molecule has 0 radical (unpaired) electrons. The molecule has 0 unspecified atom stereocenters. The van der Waals surface area contributed by atoms with Crippen molar-refractivity contribution in [1.29, 1.82) is 0 Å². The van der Waals surface area contributed by atoms with Gasteiger partial charge in [0, 0.05) is 16.7 Å². The van der Waals surface area contributed by atoms with E-state index in [1.165, 1.54) is 38.5 Å². The van der Waals surface area contributed by atoms with Crippen molar-refractivity contribution in [1.82, 2.24) is 0 Å². The molecule has 0 saturated heterocycles. The van der Waals surface area contributed by atoms with Gasteiger partial charge in [0.25, 0.3) is 5.91 Å². The van der Waals surface area contributed by atoms with Crippen molar-refractivity contribution < 1.29 is 14.9 Å². The third kappa shape index (κ3) is 3.62. The van der Waals surface area contributed by atoms with Crippen molar-refractivity contribution in [3.05, 3.63) is 29.8 Å². The van der Waals surface area contributed by atoms with Crippen LogP contribution in [0.25, 0.3) is 0 Å². The van der Waals surface area contributed by atoms with Crippen LogP contribution >= 0.6 is 0 Å². The molecule has 27 heavy (non-hydrogen) atoms. The molecule has 0 spiro atoms. The Hall–Kier alpha value is -1.88. The van der Waals surface area contributed by atoms with Gasteiger partial charge in [-0.2, -0.15) is 0 Å². The van der Waals surface area contributed by atoms with E-state index >= 15 is 0 Å². The lowest BCUT2D eigenvalue weighted by atomic mass is 9.48. The fourth-order valence-electron chi connectivity index (χ4n) is 6.43. The Bertz CT molecular complexity index is 692. The topological polar surface area (TPSA) is 88.8 Å². The maximum Gasteiger partial charge on any atom is 0.282 e. The molecule has 0 heterocycles. The van der Waals surface area contributed by atoms with Crippen molar-refractivity contribution in [2.24, 2.45) is 28.9 Å². The minimum atomic E-state index is -0.459. The van der Waals surface area contributed by atoms with Crippen molar-refractivity contribution >= 4 is 17.5 Å². The second kappa shape index (κ2) is 6.93. The lowest BCUT2D eigenvalue weighted by Gasteiger charge is -2.58. The monoisotopic (exact) mass is 370 g/mol. The number of benzene rings is 1. The Morgan fingerprint density at radius 2 is 1.56 bits per heavy atom. The molecule has 0 aromatic heterocycles. The molecule has 2 amide bonds. The van der Waals surface area contributed by atoms with E-state index < -0.39 is 5.91 Å². The number of amides is 2. The molecule has 5 nitrogen and oxygen atoms in total. The first-order valence-electron chi connectivity index (χ1n) is 10.4. The molecule has 5 rings (SSSR count). The molecule has 4 aliphatic carbocycles. The molecular weight excluding hydrogens is 338 g/mol. The molecule has 1 aromatic carbocycles. The van der Waals surface area contributed by atoms with Gasteiger partial charge < -0.3 is 16.4 Å². The molecule has 2 atom stereocenters. The summed E-state index contributed by atoms with van der Waals surface area (Å²) in [5, 5.41) is 5.24. The number of nitrogens with two attached hydrogens (primary N) is 2. The molecule has 4 saturated carbocycles. The average molecular weight is 371 g/mol. The summed E-state index contributed by atoms with van der Waals surface area (Å²) < 4.78 is 0. The van der Waals surface area contributed by atoms with Crippen molar-refractivity contribution in [3.63, 3.8) is 0 Å². The van der Waals surface area contributed by atoms with E-state index in [1.54, 1.807) is 24.3 Å². The van der Waals surface area contributed by atoms with E-state index in [0.29, 0.717) is 22.7 Å².